The molecule has 0 spiro atoms. The molecule has 144 valence electrons. The first kappa shape index (κ1) is 17.3. The zero-order chi connectivity index (χ0) is 19.1. The van der Waals surface area contributed by atoms with Crippen LogP contribution in [0.5, 0.6) is 5.75 Å². The number of nitrogens with zero attached hydrogens (tertiary/aromatic N) is 2. The highest BCUT2D eigenvalue weighted by molar-refractivity contribution is 6.00. The summed E-state index contributed by atoms with van der Waals surface area (Å²) in [5, 5.41) is 4.09. The van der Waals surface area contributed by atoms with Crippen molar-refractivity contribution in [2.24, 2.45) is 5.92 Å². The van der Waals surface area contributed by atoms with Gasteiger partial charge >= 0.3 is 0 Å². The lowest BCUT2D eigenvalue weighted by atomic mass is 9.84. The number of amides is 1. The molecular formula is C22H23N3O3. The average Bonchev–Trinajstić information content (AvgIpc) is 3.19. The Morgan fingerprint density at radius 3 is 2.86 bits per heavy atom. The first-order valence-corrected chi connectivity index (χ1v) is 9.77. The fraction of sp³-hybridized carbons (Fsp3) is 0.364. The SMILES string of the molecule is COc1ccncc1-c1cccc2cc(C(=O)NC3CN4CCC3CC4)oc12. The molecule has 0 radical (unpaired) electrons. The summed E-state index contributed by atoms with van der Waals surface area (Å²) in [6.45, 7) is 3.24. The average molecular weight is 377 g/mol. The van der Waals surface area contributed by atoms with E-state index in [1.165, 1.54) is 0 Å². The zero-order valence-corrected chi connectivity index (χ0v) is 15.9. The van der Waals surface area contributed by atoms with Crippen LogP contribution in [-0.2, 0) is 0 Å². The molecule has 28 heavy (non-hydrogen) atoms. The van der Waals surface area contributed by atoms with Crippen molar-refractivity contribution in [3.63, 3.8) is 0 Å². The van der Waals surface area contributed by atoms with Crippen LogP contribution < -0.4 is 10.1 Å². The number of nitrogens with one attached hydrogen (secondary N) is 1. The minimum Gasteiger partial charge on any atom is -0.496 e. The van der Waals surface area contributed by atoms with Crippen molar-refractivity contribution in [2.75, 3.05) is 26.7 Å². The molecule has 3 aromatic rings. The van der Waals surface area contributed by atoms with E-state index in [1.807, 2.05) is 30.3 Å². The molecule has 2 aromatic heterocycles. The van der Waals surface area contributed by atoms with Crippen molar-refractivity contribution in [2.45, 2.75) is 18.9 Å². The van der Waals surface area contributed by atoms with Gasteiger partial charge in [-0.15, -0.1) is 0 Å². The Bertz CT molecular complexity index is 1020. The molecule has 3 saturated heterocycles. The molecule has 5 heterocycles. The highest BCUT2D eigenvalue weighted by Gasteiger charge is 2.35. The summed E-state index contributed by atoms with van der Waals surface area (Å²) in [5.41, 5.74) is 2.38. The second kappa shape index (κ2) is 6.95. The number of hydrogen-bond acceptors (Lipinski definition) is 5. The minimum absolute atomic E-state index is 0.140. The fourth-order valence-electron chi connectivity index (χ4n) is 4.52. The molecule has 1 atom stereocenters. The number of hydrogen-bond donors (Lipinski definition) is 1. The number of fused-ring (bicyclic) bond motifs is 4. The van der Waals surface area contributed by atoms with E-state index >= 15 is 0 Å². The summed E-state index contributed by atoms with van der Waals surface area (Å²) in [4.78, 5) is 19.5. The van der Waals surface area contributed by atoms with E-state index in [-0.39, 0.29) is 11.9 Å². The molecular weight excluding hydrogens is 354 g/mol. The van der Waals surface area contributed by atoms with Gasteiger partial charge in [-0.1, -0.05) is 18.2 Å². The Labute approximate surface area is 163 Å². The van der Waals surface area contributed by atoms with Gasteiger partial charge < -0.3 is 19.4 Å². The molecule has 6 heteroatoms. The maximum Gasteiger partial charge on any atom is 0.287 e. The van der Waals surface area contributed by atoms with Gasteiger partial charge in [0.15, 0.2) is 5.76 Å². The van der Waals surface area contributed by atoms with Crippen LogP contribution in [0, 0.1) is 5.92 Å². The molecule has 6 rings (SSSR count). The third kappa shape index (κ3) is 2.94. The molecule has 3 aliphatic rings. The Balaban J connectivity index is 1.46. The number of carbonyl (C=O) groups is 1. The highest BCUT2D eigenvalue weighted by atomic mass is 16.5. The maximum atomic E-state index is 12.9. The Morgan fingerprint density at radius 1 is 1.25 bits per heavy atom. The first-order valence-electron chi connectivity index (χ1n) is 9.77. The van der Waals surface area contributed by atoms with E-state index in [0.717, 1.165) is 54.7 Å². The van der Waals surface area contributed by atoms with E-state index in [4.69, 9.17) is 9.15 Å². The standard InChI is InChI=1S/C22H23N3O3/c1-27-19-5-8-23-12-17(19)16-4-2-3-15-11-20(28-21(15)16)22(26)24-18-13-25-9-6-14(18)7-10-25/h2-5,8,11-12,14,18H,6-7,9-10,13H2,1H3,(H,24,26). The number of ether oxygens (including phenoxy) is 1. The molecule has 1 amide bonds. The third-order valence-electron chi connectivity index (χ3n) is 6.03. The van der Waals surface area contributed by atoms with E-state index in [1.54, 1.807) is 19.5 Å². The predicted molar refractivity (Wildman–Crippen MR) is 106 cm³/mol. The number of para-hydroxylation sites is 1. The van der Waals surface area contributed by atoms with Crippen LogP contribution in [0.15, 0.2) is 47.1 Å². The largest absolute Gasteiger partial charge is 0.496 e. The first-order chi connectivity index (χ1) is 13.7. The van der Waals surface area contributed by atoms with Gasteiger partial charge in [-0.25, -0.2) is 0 Å². The molecule has 0 aliphatic carbocycles. The van der Waals surface area contributed by atoms with Gasteiger partial charge in [-0.3, -0.25) is 9.78 Å². The van der Waals surface area contributed by atoms with Crippen molar-refractivity contribution >= 4 is 16.9 Å². The zero-order valence-electron chi connectivity index (χ0n) is 15.9. The van der Waals surface area contributed by atoms with E-state index in [0.29, 0.717) is 17.3 Å². The van der Waals surface area contributed by atoms with Gasteiger partial charge in [0.25, 0.3) is 5.91 Å². The monoisotopic (exact) mass is 377 g/mol. The molecule has 1 unspecified atom stereocenters. The molecule has 2 bridgehead atoms. The van der Waals surface area contributed by atoms with Crippen molar-refractivity contribution in [1.82, 2.24) is 15.2 Å². The van der Waals surface area contributed by atoms with Crippen LogP contribution in [-0.4, -0.2) is 48.6 Å². The number of rotatable bonds is 4. The van der Waals surface area contributed by atoms with Gasteiger partial charge in [0, 0.05) is 41.5 Å². The molecule has 3 aliphatic heterocycles. The van der Waals surface area contributed by atoms with Crippen molar-refractivity contribution in [3.8, 4) is 16.9 Å². The lowest BCUT2D eigenvalue weighted by Gasteiger charge is -2.44. The summed E-state index contributed by atoms with van der Waals surface area (Å²) < 4.78 is 11.5. The quantitative estimate of drug-likeness (QED) is 0.755. The van der Waals surface area contributed by atoms with Crippen molar-refractivity contribution in [1.29, 1.82) is 0 Å². The Hall–Kier alpha value is -2.86. The Kier molecular flexibility index (Phi) is 4.28. The molecule has 0 saturated carbocycles. The lowest BCUT2D eigenvalue weighted by molar-refractivity contribution is 0.0607. The number of furan rings is 1. The van der Waals surface area contributed by atoms with Gasteiger partial charge in [0.05, 0.1) is 7.11 Å². The normalized spacial score (nSPS) is 23.7. The fourth-order valence-corrected chi connectivity index (χ4v) is 4.52. The van der Waals surface area contributed by atoms with Gasteiger partial charge in [-0.05, 0) is 44.0 Å². The van der Waals surface area contributed by atoms with Gasteiger partial charge in [0.1, 0.15) is 11.3 Å². The second-order valence-electron chi connectivity index (χ2n) is 7.63. The van der Waals surface area contributed by atoms with E-state index in [2.05, 4.69) is 15.2 Å². The number of pyridine rings is 1. The highest BCUT2D eigenvalue weighted by Crippen LogP contribution is 2.36. The summed E-state index contributed by atoms with van der Waals surface area (Å²) in [6, 6.07) is 9.71. The summed E-state index contributed by atoms with van der Waals surface area (Å²) in [6.07, 6.45) is 5.77. The maximum absolute atomic E-state index is 12.9. The summed E-state index contributed by atoms with van der Waals surface area (Å²) in [5.74, 6) is 1.51. The topological polar surface area (TPSA) is 67.6 Å². The van der Waals surface area contributed by atoms with E-state index in [9.17, 15) is 4.79 Å². The third-order valence-corrected chi connectivity index (χ3v) is 6.03. The minimum atomic E-state index is -0.140. The molecule has 3 fully saturated rings. The van der Waals surface area contributed by atoms with Gasteiger partial charge in [-0.2, -0.15) is 0 Å². The van der Waals surface area contributed by atoms with Crippen molar-refractivity contribution < 1.29 is 13.9 Å². The van der Waals surface area contributed by atoms with Crippen LogP contribution in [0.3, 0.4) is 0 Å². The van der Waals surface area contributed by atoms with Gasteiger partial charge in [0.2, 0.25) is 0 Å². The molecule has 6 nitrogen and oxygen atoms in total. The summed E-state index contributed by atoms with van der Waals surface area (Å²) >= 11 is 0. The van der Waals surface area contributed by atoms with Crippen LogP contribution >= 0.6 is 0 Å². The molecule has 1 N–H and O–H groups in total. The number of aromatic nitrogens is 1. The van der Waals surface area contributed by atoms with Crippen LogP contribution in [0.1, 0.15) is 23.4 Å². The number of piperidine rings is 3. The summed E-state index contributed by atoms with van der Waals surface area (Å²) in [7, 11) is 1.63. The number of carbonyl (C=O) groups excluding carboxylic acids is 1. The molecule has 1 aromatic carbocycles. The van der Waals surface area contributed by atoms with E-state index < -0.39 is 0 Å². The van der Waals surface area contributed by atoms with Crippen molar-refractivity contribution in [3.05, 3.63) is 48.5 Å². The smallest absolute Gasteiger partial charge is 0.287 e. The van der Waals surface area contributed by atoms with Crippen LogP contribution in [0.4, 0.5) is 0 Å². The van der Waals surface area contributed by atoms with Crippen LogP contribution in [0.25, 0.3) is 22.1 Å². The predicted octanol–water partition coefficient (Wildman–Crippen LogP) is 3.33. The number of benzene rings is 1. The van der Waals surface area contributed by atoms with Crippen LogP contribution in [0.2, 0.25) is 0 Å². The Morgan fingerprint density at radius 2 is 2.11 bits per heavy atom. The number of methoxy groups -OCH3 is 1. The second-order valence-corrected chi connectivity index (χ2v) is 7.63. The lowest BCUT2D eigenvalue weighted by Crippen LogP contribution is -2.57.